The van der Waals surface area contributed by atoms with E-state index in [2.05, 4.69) is 40.6 Å². The number of imidazole rings is 1. The minimum atomic E-state index is -0.199. The summed E-state index contributed by atoms with van der Waals surface area (Å²) >= 11 is 0. The Morgan fingerprint density at radius 1 is 1.11 bits per heavy atom. The number of aromatic amines is 1. The number of rotatable bonds is 3. The summed E-state index contributed by atoms with van der Waals surface area (Å²) in [5.74, 6) is 0.523. The number of hydrogen-bond donors (Lipinski definition) is 2. The average Bonchev–Trinajstić information content (AvgIpc) is 3.12. The zero-order chi connectivity index (χ0) is 19.2. The second-order valence-corrected chi connectivity index (χ2v) is 7.93. The normalized spacial score (nSPS) is 12.0. The molecule has 0 bridgehead atoms. The molecule has 0 fully saturated rings. The number of carbonyl (C=O) groups excluding carboxylic acids is 1. The summed E-state index contributed by atoms with van der Waals surface area (Å²) in [5.41, 5.74) is 4.81. The predicted octanol–water partition coefficient (Wildman–Crippen LogP) is 4.76. The van der Waals surface area contributed by atoms with Gasteiger partial charge in [0.25, 0.3) is 0 Å². The van der Waals surface area contributed by atoms with Crippen LogP contribution in [0.3, 0.4) is 0 Å². The molecule has 5 nitrogen and oxygen atoms in total. The number of aryl methyl sites for hydroxylation is 1. The quantitative estimate of drug-likeness (QED) is 0.553. The molecule has 2 aromatic carbocycles. The number of amides is 1. The highest BCUT2D eigenvalue weighted by Gasteiger charge is 2.23. The largest absolute Gasteiger partial charge is 0.358 e. The van der Waals surface area contributed by atoms with Gasteiger partial charge in [0.1, 0.15) is 0 Å². The minimum absolute atomic E-state index is 0.0661. The first-order valence-corrected chi connectivity index (χ1v) is 9.18. The monoisotopic (exact) mass is 360 g/mol. The third-order valence-corrected chi connectivity index (χ3v) is 4.85. The van der Waals surface area contributed by atoms with E-state index in [-0.39, 0.29) is 11.4 Å². The van der Waals surface area contributed by atoms with Gasteiger partial charge in [0, 0.05) is 22.1 Å². The van der Waals surface area contributed by atoms with E-state index < -0.39 is 0 Å². The molecule has 0 saturated carbocycles. The SMILES string of the molecule is Cc1[nH]c2ccccc2c1CC(=O)Nc1nc2ccccc2n1C(C)(C)C. The van der Waals surface area contributed by atoms with Crippen molar-refractivity contribution in [1.29, 1.82) is 0 Å². The fourth-order valence-electron chi connectivity index (χ4n) is 3.68. The Morgan fingerprint density at radius 2 is 1.81 bits per heavy atom. The van der Waals surface area contributed by atoms with Gasteiger partial charge in [0.05, 0.1) is 17.5 Å². The lowest BCUT2D eigenvalue weighted by Gasteiger charge is -2.24. The summed E-state index contributed by atoms with van der Waals surface area (Å²) in [5, 5.41) is 4.13. The van der Waals surface area contributed by atoms with E-state index in [9.17, 15) is 4.79 Å². The molecule has 0 radical (unpaired) electrons. The number of benzene rings is 2. The Bertz CT molecular complexity index is 1140. The van der Waals surface area contributed by atoms with Crippen molar-refractivity contribution in [2.24, 2.45) is 0 Å². The highest BCUT2D eigenvalue weighted by molar-refractivity contribution is 5.96. The van der Waals surface area contributed by atoms with Gasteiger partial charge in [-0.25, -0.2) is 4.98 Å². The first-order chi connectivity index (χ1) is 12.8. The molecule has 4 rings (SSSR count). The van der Waals surface area contributed by atoms with Gasteiger partial charge < -0.3 is 9.55 Å². The van der Waals surface area contributed by atoms with E-state index in [0.29, 0.717) is 12.4 Å². The van der Waals surface area contributed by atoms with E-state index in [1.54, 1.807) is 0 Å². The molecule has 0 unspecified atom stereocenters. The van der Waals surface area contributed by atoms with Crippen molar-refractivity contribution in [2.45, 2.75) is 39.7 Å². The molecular weight excluding hydrogens is 336 g/mol. The Balaban J connectivity index is 1.68. The predicted molar refractivity (Wildman–Crippen MR) is 110 cm³/mol. The van der Waals surface area contributed by atoms with E-state index >= 15 is 0 Å². The van der Waals surface area contributed by atoms with Gasteiger partial charge in [-0.3, -0.25) is 10.1 Å². The Labute approximate surface area is 158 Å². The second-order valence-electron chi connectivity index (χ2n) is 7.93. The van der Waals surface area contributed by atoms with Gasteiger partial charge in [-0.15, -0.1) is 0 Å². The zero-order valence-corrected chi connectivity index (χ0v) is 16.1. The smallest absolute Gasteiger partial charge is 0.231 e. The lowest BCUT2D eigenvalue weighted by molar-refractivity contribution is -0.115. The van der Waals surface area contributed by atoms with Crippen molar-refractivity contribution < 1.29 is 4.79 Å². The fraction of sp³-hybridized carbons (Fsp3) is 0.273. The third-order valence-electron chi connectivity index (χ3n) is 4.85. The number of hydrogen-bond acceptors (Lipinski definition) is 2. The van der Waals surface area contributed by atoms with Gasteiger partial charge in [0.2, 0.25) is 11.9 Å². The van der Waals surface area contributed by atoms with Crippen LogP contribution in [0.2, 0.25) is 0 Å². The average molecular weight is 360 g/mol. The molecular formula is C22H24N4O. The molecule has 4 aromatic rings. The molecule has 2 heterocycles. The van der Waals surface area contributed by atoms with Crippen LogP contribution in [0.25, 0.3) is 21.9 Å². The number of aromatic nitrogens is 3. The number of anilines is 1. The van der Waals surface area contributed by atoms with Crippen LogP contribution in [0.4, 0.5) is 5.95 Å². The standard InChI is InChI=1S/C22H24N4O/c1-14-16(15-9-5-6-10-17(15)23-14)13-20(27)25-21-24-18-11-7-8-12-19(18)26(21)22(2,3)4/h5-12,23H,13H2,1-4H3,(H,24,25,27). The van der Waals surface area contributed by atoms with Gasteiger partial charge in [0.15, 0.2) is 0 Å². The van der Waals surface area contributed by atoms with Crippen LogP contribution < -0.4 is 5.32 Å². The van der Waals surface area contributed by atoms with E-state index in [1.807, 2.05) is 55.5 Å². The van der Waals surface area contributed by atoms with Gasteiger partial charge in [-0.2, -0.15) is 0 Å². The van der Waals surface area contributed by atoms with Gasteiger partial charge in [-0.05, 0) is 51.5 Å². The van der Waals surface area contributed by atoms with Crippen molar-refractivity contribution in [3.63, 3.8) is 0 Å². The van der Waals surface area contributed by atoms with Gasteiger partial charge in [-0.1, -0.05) is 30.3 Å². The molecule has 138 valence electrons. The number of fused-ring (bicyclic) bond motifs is 2. The van der Waals surface area contributed by atoms with Crippen molar-refractivity contribution in [3.05, 3.63) is 59.8 Å². The van der Waals surface area contributed by atoms with Crippen LogP contribution in [0.1, 0.15) is 32.0 Å². The molecule has 2 aromatic heterocycles. The molecule has 0 saturated heterocycles. The highest BCUT2D eigenvalue weighted by atomic mass is 16.1. The molecule has 5 heteroatoms. The second kappa shape index (κ2) is 6.27. The van der Waals surface area contributed by atoms with Crippen LogP contribution in [0.5, 0.6) is 0 Å². The Morgan fingerprint density at radius 3 is 2.59 bits per heavy atom. The zero-order valence-electron chi connectivity index (χ0n) is 16.1. The maximum atomic E-state index is 12.9. The molecule has 27 heavy (non-hydrogen) atoms. The number of carbonyl (C=O) groups is 1. The van der Waals surface area contributed by atoms with Crippen molar-refractivity contribution in [1.82, 2.24) is 14.5 Å². The summed E-state index contributed by atoms with van der Waals surface area (Å²) in [6, 6.07) is 16.0. The van der Waals surface area contributed by atoms with Crippen LogP contribution in [0, 0.1) is 6.92 Å². The summed E-state index contributed by atoms with van der Waals surface area (Å²) in [7, 11) is 0. The fourth-order valence-corrected chi connectivity index (χ4v) is 3.68. The van der Waals surface area contributed by atoms with Crippen molar-refractivity contribution in [2.75, 3.05) is 5.32 Å². The molecule has 0 spiro atoms. The van der Waals surface area contributed by atoms with Gasteiger partial charge >= 0.3 is 0 Å². The Kier molecular flexibility index (Phi) is 4.02. The molecule has 0 aliphatic heterocycles. The van der Waals surface area contributed by atoms with Crippen LogP contribution >= 0.6 is 0 Å². The van der Waals surface area contributed by atoms with E-state index in [1.165, 1.54) is 0 Å². The van der Waals surface area contributed by atoms with Crippen molar-refractivity contribution >= 4 is 33.8 Å². The topological polar surface area (TPSA) is 62.7 Å². The highest BCUT2D eigenvalue weighted by Crippen LogP contribution is 2.28. The number of nitrogens with one attached hydrogen (secondary N) is 2. The minimum Gasteiger partial charge on any atom is -0.358 e. The molecule has 1 amide bonds. The summed E-state index contributed by atoms with van der Waals surface area (Å²) < 4.78 is 2.09. The van der Waals surface area contributed by atoms with Crippen LogP contribution in [-0.2, 0) is 16.8 Å². The Hall–Kier alpha value is -3.08. The van der Waals surface area contributed by atoms with E-state index in [4.69, 9.17) is 0 Å². The van der Waals surface area contributed by atoms with Crippen LogP contribution in [0.15, 0.2) is 48.5 Å². The lowest BCUT2D eigenvalue weighted by Crippen LogP contribution is -2.26. The van der Waals surface area contributed by atoms with Crippen molar-refractivity contribution in [3.8, 4) is 0 Å². The molecule has 0 atom stereocenters. The number of H-pyrrole nitrogens is 1. The van der Waals surface area contributed by atoms with E-state index in [0.717, 1.165) is 33.2 Å². The maximum Gasteiger partial charge on any atom is 0.231 e. The first kappa shape index (κ1) is 17.3. The lowest BCUT2D eigenvalue weighted by atomic mass is 10.1. The van der Waals surface area contributed by atoms with Crippen LogP contribution in [-0.4, -0.2) is 20.4 Å². The first-order valence-electron chi connectivity index (χ1n) is 9.18. The summed E-state index contributed by atoms with van der Waals surface area (Å²) in [6.07, 6.45) is 0.309. The third kappa shape index (κ3) is 3.10. The molecule has 0 aliphatic rings. The number of para-hydroxylation sites is 3. The summed E-state index contributed by atoms with van der Waals surface area (Å²) in [6.45, 7) is 8.34. The summed E-state index contributed by atoms with van der Waals surface area (Å²) in [4.78, 5) is 20.9. The maximum absolute atomic E-state index is 12.9. The molecule has 2 N–H and O–H groups in total. The number of nitrogens with zero attached hydrogens (tertiary/aromatic N) is 2. The molecule has 0 aliphatic carbocycles.